The molecule has 1 aliphatic rings. The van der Waals surface area contributed by atoms with Crippen LogP contribution in [0.25, 0.3) is 11.3 Å². The lowest BCUT2D eigenvalue weighted by molar-refractivity contribution is 0.0769. The zero-order chi connectivity index (χ0) is 14.5. The average molecular weight is 288 g/mol. The van der Waals surface area contributed by atoms with Crippen molar-refractivity contribution in [3.63, 3.8) is 0 Å². The highest BCUT2D eigenvalue weighted by Crippen LogP contribution is 2.28. The van der Waals surface area contributed by atoms with Gasteiger partial charge >= 0.3 is 0 Å². The van der Waals surface area contributed by atoms with Crippen molar-refractivity contribution in [3.8, 4) is 17.0 Å². The quantitative estimate of drug-likeness (QED) is 0.916. The first kappa shape index (κ1) is 14.1. The molecule has 21 heavy (non-hydrogen) atoms. The number of hydrogen-bond donors (Lipinski definition) is 1. The molecule has 1 aromatic heterocycles. The van der Waals surface area contributed by atoms with Gasteiger partial charge in [-0.1, -0.05) is 17.3 Å². The summed E-state index contributed by atoms with van der Waals surface area (Å²) in [6, 6.07) is 10.3. The number of ether oxygens (including phenoxy) is 2. The average Bonchev–Trinajstić information content (AvgIpc) is 3.02. The normalized spacial score (nSPS) is 16.0. The minimum atomic E-state index is 0.499. The van der Waals surface area contributed by atoms with E-state index in [-0.39, 0.29) is 0 Å². The van der Waals surface area contributed by atoms with Crippen LogP contribution in [0.1, 0.15) is 18.6 Å². The fourth-order valence-corrected chi connectivity index (χ4v) is 2.53. The van der Waals surface area contributed by atoms with Gasteiger partial charge in [0, 0.05) is 30.9 Å². The monoisotopic (exact) mass is 288 g/mol. The standard InChI is InChI=1S/C16H20N2O3/c1-19-16-5-3-2-4-14(16)15-10-13(21-18-15)11-17-12-6-8-20-9-7-12/h2-5,10,12,17H,6-9,11H2,1H3. The molecule has 5 nitrogen and oxygen atoms in total. The van der Waals surface area contributed by atoms with E-state index in [1.807, 2.05) is 30.3 Å². The van der Waals surface area contributed by atoms with Crippen molar-refractivity contribution in [1.29, 1.82) is 0 Å². The Balaban J connectivity index is 1.65. The molecule has 1 N–H and O–H groups in total. The molecule has 1 aliphatic heterocycles. The summed E-state index contributed by atoms with van der Waals surface area (Å²) in [5.74, 6) is 1.64. The fourth-order valence-electron chi connectivity index (χ4n) is 2.53. The highest BCUT2D eigenvalue weighted by molar-refractivity contribution is 5.66. The molecule has 2 aromatic rings. The third-order valence-corrected chi connectivity index (χ3v) is 3.73. The van der Waals surface area contributed by atoms with E-state index in [2.05, 4.69) is 10.5 Å². The van der Waals surface area contributed by atoms with Crippen molar-refractivity contribution in [3.05, 3.63) is 36.1 Å². The molecule has 1 fully saturated rings. The molecule has 0 saturated carbocycles. The van der Waals surface area contributed by atoms with E-state index in [4.69, 9.17) is 14.0 Å². The molecule has 112 valence electrons. The smallest absolute Gasteiger partial charge is 0.151 e. The van der Waals surface area contributed by atoms with Crippen LogP contribution in [0.3, 0.4) is 0 Å². The van der Waals surface area contributed by atoms with Crippen molar-refractivity contribution >= 4 is 0 Å². The number of hydrogen-bond acceptors (Lipinski definition) is 5. The van der Waals surface area contributed by atoms with E-state index < -0.39 is 0 Å². The summed E-state index contributed by atoms with van der Waals surface area (Å²) in [5.41, 5.74) is 1.75. The number of para-hydroxylation sites is 1. The second-order valence-corrected chi connectivity index (χ2v) is 5.15. The number of rotatable bonds is 5. The Morgan fingerprint density at radius 1 is 1.29 bits per heavy atom. The van der Waals surface area contributed by atoms with Gasteiger partial charge in [-0.05, 0) is 25.0 Å². The lowest BCUT2D eigenvalue weighted by atomic mass is 10.1. The number of benzene rings is 1. The zero-order valence-electron chi connectivity index (χ0n) is 12.2. The maximum absolute atomic E-state index is 5.41. The number of methoxy groups -OCH3 is 1. The predicted octanol–water partition coefficient (Wildman–Crippen LogP) is 2.62. The first-order chi connectivity index (χ1) is 10.4. The SMILES string of the molecule is COc1ccccc1-c1cc(CNC2CCOCC2)on1. The van der Waals surface area contributed by atoms with E-state index in [9.17, 15) is 0 Å². The zero-order valence-corrected chi connectivity index (χ0v) is 12.2. The van der Waals surface area contributed by atoms with Gasteiger partial charge in [0.1, 0.15) is 11.4 Å². The molecule has 5 heteroatoms. The van der Waals surface area contributed by atoms with Crippen LogP contribution < -0.4 is 10.1 Å². The van der Waals surface area contributed by atoms with Gasteiger partial charge in [0.15, 0.2) is 5.76 Å². The van der Waals surface area contributed by atoms with Crippen molar-refractivity contribution in [2.75, 3.05) is 20.3 Å². The van der Waals surface area contributed by atoms with E-state index in [1.54, 1.807) is 7.11 Å². The summed E-state index contributed by atoms with van der Waals surface area (Å²) >= 11 is 0. The Hall–Kier alpha value is -1.85. The Morgan fingerprint density at radius 3 is 2.90 bits per heavy atom. The summed E-state index contributed by atoms with van der Waals surface area (Å²) in [7, 11) is 1.66. The summed E-state index contributed by atoms with van der Waals surface area (Å²) < 4.78 is 16.1. The van der Waals surface area contributed by atoms with Gasteiger partial charge in [-0.2, -0.15) is 0 Å². The topological polar surface area (TPSA) is 56.5 Å². The number of nitrogens with zero attached hydrogens (tertiary/aromatic N) is 1. The van der Waals surface area contributed by atoms with Gasteiger partial charge in [0.05, 0.1) is 13.7 Å². The maximum atomic E-state index is 5.41. The summed E-state index contributed by atoms with van der Waals surface area (Å²) in [5, 5.41) is 7.63. The molecular weight excluding hydrogens is 268 g/mol. The van der Waals surface area contributed by atoms with Crippen LogP contribution in [-0.4, -0.2) is 31.5 Å². The second-order valence-electron chi connectivity index (χ2n) is 5.15. The molecule has 1 saturated heterocycles. The first-order valence-electron chi connectivity index (χ1n) is 7.27. The van der Waals surface area contributed by atoms with Crippen LogP contribution in [0.4, 0.5) is 0 Å². The van der Waals surface area contributed by atoms with Crippen LogP contribution in [0.15, 0.2) is 34.9 Å². The first-order valence-corrected chi connectivity index (χ1v) is 7.27. The van der Waals surface area contributed by atoms with E-state index in [1.165, 1.54) is 0 Å². The predicted molar refractivity (Wildman–Crippen MR) is 79.2 cm³/mol. The molecule has 0 radical (unpaired) electrons. The summed E-state index contributed by atoms with van der Waals surface area (Å²) in [4.78, 5) is 0. The molecule has 0 spiro atoms. The van der Waals surface area contributed by atoms with Crippen LogP contribution >= 0.6 is 0 Å². The Kier molecular flexibility index (Phi) is 4.52. The molecule has 2 heterocycles. The van der Waals surface area contributed by atoms with Gasteiger partial charge in [0.25, 0.3) is 0 Å². The van der Waals surface area contributed by atoms with E-state index in [0.29, 0.717) is 12.6 Å². The Morgan fingerprint density at radius 2 is 2.10 bits per heavy atom. The number of aromatic nitrogens is 1. The van der Waals surface area contributed by atoms with Crippen LogP contribution in [0.5, 0.6) is 5.75 Å². The van der Waals surface area contributed by atoms with Crippen LogP contribution in [-0.2, 0) is 11.3 Å². The van der Waals surface area contributed by atoms with Crippen molar-refractivity contribution in [1.82, 2.24) is 10.5 Å². The van der Waals surface area contributed by atoms with Crippen molar-refractivity contribution < 1.29 is 14.0 Å². The third-order valence-electron chi connectivity index (χ3n) is 3.73. The van der Waals surface area contributed by atoms with Gasteiger partial charge in [0.2, 0.25) is 0 Å². The van der Waals surface area contributed by atoms with E-state index in [0.717, 1.165) is 48.8 Å². The molecular formula is C16H20N2O3. The third kappa shape index (κ3) is 3.43. The van der Waals surface area contributed by atoms with Crippen LogP contribution in [0.2, 0.25) is 0 Å². The van der Waals surface area contributed by atoms with Gasteiger partial charge < -0.3 is 19.3 Å². The minimum absolute atomic E-state index is 0.499. The molecule has 1 aromatic carbocycles. The maximum Gasteiger partial charge on any atom is 0.151 e. The molecule has 0 aliphatic carbocycles. The van der Waals surface area contributed by atoms with Crippen molar-refractivity contribution in [2.24, 2.45) is 0 Å². The molecule has 0 amide bonds. The molecule has 0 bridgehead atoms. The molecule has 0 atom stereocenters. The van der Waals surface area contributed by atoms with Gasteiger partial charge in [-0.25, -0.2) is 0 Å². The number of nitrogens with one attached hydrogen (secondary N) is 1. The molecule has 0 unspecified atom stereocenters. The molecule has 3 rings (SSSR count). The largest absolute Gasteiger partial charge is 0.496 e. The lowest BCUT2D eigenvalue weighted by Crippen LogP contribution is -2.34. The highest BCUT2D eigenvalue weighted by Gasteiger charge is 2.15. The van der Waals surface area contributed by atoms with Gasteiger partial charge in [-0.15, -0.1) is 0 Å². The van der Waals surface area contributed by atoms with Gasteiger partial charge in [-0.3, -0.25) is 0 Å². The fraction of sp³-hybridized carbons (Fsp3) is 0.438. The van der Waals surface area contributed by atoms with Crippen LogP contribution in [0, 0.1) is 0 Å². The Labute approximate surface area is 124 Å². The highest BCUT2D eigenvalue weighted by atomic mass is 16.5. The Bertz CT molecular complexity index is 576. The minimum Gasteiger partial charge on any atom is -0.496 e. The lowest BCUT2D eigenvalue weighted by Gasteiger charge is -2.22. The summed E-state index contributed by atoms with van der Waals surface area (Å²) in [6.45, 7) is 2.36. The second kappa shape index (κ2) is 6.74. The van der Waals surface area contributed by atoms with Crippen molar-refractivity contribution in [2.45, 2.75) is 25.4 Å². The summed E-state index contributed by atoms with van der Waals surface area (Å²) in [6.07, 6.45) is 2.10. The van der Waals surface area contributed by atoms with E-state index >= 15 is 0 Å².